The number of nitrogens with zero attached hydrogens (tertiary/aromatic N) is 3. The topological polar surface area (TPSA) is 67.3 Å². The average molecular weight is 328 g/mol. The maximum Gasteiger partial charge on any atom is 0.316 e. The number of piperidine rings is 1. The van der Waals surface area contributed by atoms with Crippen LogP contribution in [0, 0.1) is 5.92 Å². The van der Waals surface area contributed by atoms with E-state index < -0.39 is 12.3 Å². The van der Waals surface area contributed by atoms with Crippen LogP contribution in [0.3, 0.4) is 0 Å². The monoisotopic (exact) mass is 328 g/mol. The summed E-state index contributed by atoms with van der Waals surface area (Å²) in [5, 5.41) is 2.27. The number of likely N-dealkylation sites (tertiary alicyclic amines) is 1. The summed E-state index contributed by atoms with van der Waals surface area (Å²) in [5.41, 5.74) is 1.01. The Labute approximate surface area is 134 Å². The van der Waals surface area contributed by atoms with Gasteiger partial charge in [-0.2, -0.15) is 8.78 Å². The molecule has 0 radical (unpaired) electrons. The number of ether oxygens (including phenoxy) is 1. The van der Waals surface area contributed by atoms with Crippen molar-refractivity contribution in [2.45, 2.75) is 32.2 Å². The third-order valence-corrected chi connectivity index (χ3v) is 3.92. The predicted octanol–water partition coefficient (Wildman–Crippen LogP) is 1.47. The SMILES string of the molecule is COc1ncc(CN2CCCC(CCNC(=O)C(F)F)C2)cn1. The molecule has 0 saturated carbocycles. The summed E-state index contributed by atoms with van der Waals surface area (Å²) < 4.78 is 29.2. The summed E-state index contributed by atoms with van der Waals surface area (Å²) in [7, 11) is 1.52. The van der Waals surface area contributed by atoms with Crippen molar-refractivity contribution in [3.05, 3.63) is 18.0 Å². The third kappa shape index (κ3) is 5.70. The van der Waals surface area contributed by atoms with E-state index in [0.717, 1.165) is 38.0 Å². The largest absolute Gasteiger partial charge is 0.467 e. The summed E-state index contributed by atoms with van der Waals surface area (Å²) in [5.74, 6) is -0.783. The summed E-state index contributed by atoms with van der Waals surface area (Å²) in [6.07, 6.45) is 3.39. The molecule has 0 bridgehead atoms. The molecule has 1 aliphatic heterocycles. The van der Waals surface area contributed by atoms with Gasteiger partial charge in [0.15, 0.2) is 0 Å². The molecule has 1 aliphatic rings. The van der Waals surface area contributed by atoms with Gasteiger partial charge in [0.25, 0.3) is 5.91 Å². The van der Waals surface area contributed by atoms with Crippen LogP contribution in [-0.4, -0.2) is 53.9 Å². The van der Waals surface area contributed by atoms with Crippen molar-refractivity contribution < 1.29 is 18.3 Å². The van der Waals surface area contributed by atoms with Crippen LogP contribution in [0.1, 0.15) is 24.8 Å². The minimum Gasteiger partial charge on any atom is -0.467 e. The number of nitrogens with one attached hydrogen (secondary N) is 1. The van der Waals surface area contributed by atoms with E-state index in [0.29, 0.717) is 24.9 Å². The molecular formula is C15H22F2N4O2. The second kappa shape index (κ2) is 8.71. The predicted molar refractivity (Wildman–Crippen MR) is 80.2 cm³/mol. The fraction of sp³-hybridized carbons (Fsp3) is 0.667. The molecule has 0 aromatic carbocycles. The molecule has 1 aromatic heterocycles. The molecule has 1 saturated heterocycles. The van der Waals surface area contributed by atoms with Crippen LogP contribution in [0.15, 0.2) is 12.4 Å². The van der Waals surface area contributed by atoms with Crippen molar-refractivity contribution in [1.82, 2.24) is 20.2 Å². The molecule has 1 unspecified atom stereocenters. The zero-order chi connectivity index (χ0) is 16.7. The lowest BCUT2D eigenvalue weighted by Crippen LogP contribution is -2.37. The Hall–Kier alpha value is -1.83. The van der Waals surface area contributed by atoms with Crippen LogP contribution in [0.5, 0.6) is 6.01 Å². The van der Waals surface area contributed by atoms with Gasteiger partial charge in [-0.15, -0.1) is 0 Å². The number of rotatable bonds is 7. The van der Waals surface area contributed by atoms with E-state index in [1.165, 1.54) is 7.11 Å². The minimum atomic E-state index is -2.94. The molecule has 6 nitrogen and oxygen atoms in total. The molecule has 23 heavy (non-hydrogen) atoms. The van der Waals surface area contributed by atoms with Crippen molar-refractivity contribution >= 4 is 5.91 Å². The molecule has 1 fully saturated rings. The molecule has 0 spiro atoms. The third-order valence-electron chi connectivity index (χ3n) is 3.92. The van der Waals surface area contributed by atoms with Crippen molar-refractivity contribution in [3.63, 3.8) is 0 Å². The number of hydrogen-bond donors (Lipinski definition) is 1. The molecule has 1 N–H and O–H groups in total. The van der Waals surface area contributed by atoms with Crippen LogP contribution in [0.2, 0.25) is 0 Å². The van der Waals surface area contributed by atoms with E-state index in [1.807, 2.05) is 0 Å². The highest BCUT2D eigenvalue weighted by molar-refractivity contribution is 5.78. The van der Waals surface area contributed by atoms with Crippen LogP contribution >= 0.6 is 0 Å². The number of methoxy groups -OCH3 is 1. The number of hydrogen-bond acceptors (Lipinski definition) is 5. The Morgan fingerprint density at radius 2 is 2.22 bits per heavy atom. The number of amides is 1. The number of aromatic nitrogens is 2. The van der Waals surface area contributed by atoms with E-state index in [9.17, 15) is 13.6 Å². The van der Waals surface area contributed by atoms with Crippen molar-refractivity contribution in [3.8, 4) is 6.01 Å². The first-order valence-electron chi connectivity index (χ1n) is 7.71. The van der Waals surface area contributed by atoms with Gasteiger partial charge in [-0.25, -0.2) is 9.97 Å². The quantitative estimate of drug-likeness (QED) is 0.821. The number of carbonyl (C=O) groups is 1. The molecule has 8 heteroatoms. The molecule has 128 valence electrons. The van der Waals surface area contributed by atoms with Gasteiger partial charge in [0, 0.05) is 37.6 Å². The van der Waals surface area contributed by atoms with Crippen LogP contribution in [-0.2, 0) is 11.3 Å². The normalized spacial score (nSPS) is 18.9. The Morgan fingerprint density at radius 3 is 2.87 bits per heavy atom. The number of alkyl halides is 2. The molecular weight excluding hydrogens is 306 g/mol. The Bertz CT molecular complexity index is 499. The zero-order valence-corrected chi connectivity index (χ0v) is 13.2. The second-order valence-corrected chi connectivity index (χ2v) is 5.70. The van der Waals surface area contributed by atoms with Crippen LogP contribution in [0.25, 0.3) is 0 Å². The molecule has 2 rings (SSSR count). The molecule has 1 aromatic rings. The lowest BCUT2D eigenvalue weighted by atomic mass is 9.94. The van der Waals surface area contributed by atoms with E-state index in [2.05, 4.69) is 20.2 Å². The number of halogens is 2. The van der Waals surface area contributed by atoms with Gasteiger partial charge in [-0.3, -0.25) is 9.69 Å². The van der Waals surface area contributed by atoms with Gasteiger partial charge in [0.1, 0.15) is 0 Å². The first-order valence-corrected chi connectivity index (χ1v) is 7.71. The van der Waals surface area contributed by atoms with E-state index in [1.54, 1.807) is 12.4 Å². The summed E-state index contributed by atoms with van der Waals surface area (Å²) in [6.45, 7) is 2.93. The van der Waals surface area contributed by atoms with Gasteiger partial charge in [-0.1, -0.05) is 0 Å². The average Bonchev–Trinajstić information content (AvgIpc) is 2.56. The minimum absolute atomic E-state index is 0.299. The fourth-order valence-electron chi connectivity index (χ4n) is 2.80. The first-order chi connectivity index (χ1) is 11.1. The standard InChI is InChI=1S/C15H22F2N4O2/c1-23-15-19-7-12(8-20-15)10-21-6-2-3-11(9-21)4-5-18-14(22)13(16)17/h7-8,11,13H,2-6,9-10H2,1H3,(H,18,22). The second-order valence-electron chi connectivity index (χ2n) is 5.70. The maximum absolute atomic E-state index is 12.1. The lowest BCUT2D eigenvalue weighted by Gasteiger charge is -2.32. The van der Waals surface area contributed by atoms with Gasteiger partial charge >= 0.3 is 12.4 Å². The summed E-state index contributed by atoms with van der Waals surface area (Å²) in [6, 6.07) is 0.347. The molecule has 2 heterocycles. The highest BCUT2D eigenvalue weighted by Crippen LogP contribution is 2.20. The molecule has 1 atom stereocenters. The first kappa shape index (κ1) is 17.5. The van der Waals surface area contributed by atoms with Crippen molar-refractivity contribution in [2.75, 3.05) is 26.7 Å². The summed E-state index contributed by atoms with van der Waals surface area (Å²) >= 11 is 0. The smallest absolute Gasteiger partial charge is 0.316 e. The highest BCUT2D eigenvalue weighted by Gasteiger charge is 2.21. The van der Waals surface area contributed by atoms with E-state index >= 15 is 0 Å². The fourth-order valence-corrected chi connectivity index (χ4v) is 2.80. The molecule has 1 amide bonds. The maximum atomic E-state index is 12.1. The van der Waals surface area contributed by atoms with Crippen molar-refractivity contribution in [1.29, 1.82) is 0 Å². The van der Waals surface area contributed by atoms with E-state index in [-0.39, 0.29) is 0 Å². The van der Waals surface area contributed by atoms with Crippen molar-refractivity contribution in [2.24, 2.45) is 5.92 Å². The van der Waals surface area contributed by atoms with Crippen LogP contribution < -0.4 is 10.1 Å². The van der Waals surface area contributed by atoms with Gasteiger partial charge in [0.05, 0.1) is 7.11 Å². The Balaban J connectivity index is 1.75. The Morgan fingerprint density at radius 1 is 1.48 bits per heavy atom. The van der Waals surface area contributed by atoms with Gasteiger partial charge in [0.2, 0.25) is 0 Å². The molecule has 0 aliphatic carbocycles. The highest BCUT2D eigenvalue weighted by atomic mass is 19.3. The van der Waals surface area contributed by atoms with Gasteiger partial charge in [-0.05, 0) is 31.7 Å². The Kier molecular flexibility index (Phi) is 6.64. The van der Waals surface area contributed by atoms with Gasteiger partial charge < -0.3 is 10.1 Å². The van der Waals surface area contributed by atoms with E-state index in [4.69, 9.17) is 4.74 Å². The lowest BCUT2D eigenvalue weighted by molar-refractivity contribution is -0.131. The zero-order valence-electron chi connectivity index (χ0n) is 13.2. The van der Waals surface area contributed by atoms with Crippen LogP contribution in [0.4, 0.5) is 8.78 Å². The summed E-state index contributed by atoms with van der Waals surface area (Å²) in [4.78, 5) is 21.3. The number of carbonyl (C=O) groups excluding carboxylic acids is 1.